The third-order valence-electron chi connectivity index (χ3n) is 4.45. The van der Waals surface area contributed by atoms with Gasteiger partial charge in [-0.05, 0) is 37.0 Å². The van der Waals surface area contributed by atoms with E-state index in [0.717, 1.165) is 17.7 Å². The van der Waals surface area contributed by atoms with Crippen LogP contribution in [0.4, 0.5) is 0 Å². The number of amides is 1. The summed E-state index contributed by atoms with van der Waals surface area (Å²) in [5, 5.41) is 12.4. The van der Waals surface area contributed by atoms with Crippen molar-refractivity contribution in [3.05, 3.63) is 34.9 Å². The van der Waals surface area contributed by atoms with E-state index >= 15 is 0 Å². The molecule has 1 N–H and O–H groups in total. The number of hydrogen-bond acceptors (Lipinski definition) is 3. The predicted molar refractivity (Wildman–Crippen MR) is 83.8 cm³/mol. The molecular formula is C17H24N2O2. The molecule has 2 rings (SSSR count). The Kier molecular flexibility index (Phi) is 4.99. The van der Waals surface area contributed by atoms with Crippen molar-refractivity contribution in [1.82, 2.24) is 4.90 Å². The standard InChI is InChI=1S/C17H24N2O2/c1-4-15-11-19(8-7-16(15)18-21)17(20)10-14-6-5-12(2)13(3)9-14/h5-6,9,15,21H,4,7-8,10-11H2,1-3H3/b18-16+. The molecule has 1 aromatic rings. The third kappa shape index (κ3) is 3.63. The van der Waals surface area contributed by atoms with Crippen molar-refractivity contribution in [3.63, 3.8) is 0 Å². The van der Waals surface area contributed by atoms with E-state index in [2.05, 4.69) is 38.1 Å². The molecule has 1 aliphatic rings. The third-order valence-corrected chi connectivity index (χ3v) is 4.45. The maximum absolute atomic E-state index is 12.4. The minimum Gasteiger partial charge on any atom is -0.411 e. The first-order valence-corrected chi connectivity index (χ1v) is 7.59. The summed E-state index contributed by atoms with van der Waals surface area (Å²) >= 11 is 0. The second kappa shape index (κ2) is 6.74. The Hall–Kier alpha value is -1.84. The highest BCUT2D eigenvalue weighted by molar-refractivity contribution is 5.89. The van der Waals surface area contributed by atoms with Crippen LogP contribution in [0, 0.1) is 19.8 Å². The Labute approximate surface area is 126 Å². The zero-order valence-electron chi connectivity index (χ0n) is 13.1. The fourth-order valence-electron chi connectivity index (χ4n) is 2.84. The number of likely N-dealkylation sites (tertiary alicyclic amines) is 1. The lowest BCUT2D eigenvalue weighted by atomic mass is 9.93. The highest BCUT2D eigenvalue weighted by Gasteiger charge is 2.27. The number of benzene rings is 1. The molecule has 21 heavy (non-hydrogen) atoms. The van der Waals surface area contributed by atoms with Gasteiger partial charge in [0, 0.05) is 25.4 Å². The molecule has 0 aliphatic carbocycles. The van der Waals surface area contributed by atoms with E-state index in [9.17, 15) is 4.79 Å². The first kappa shape index (κ1) is 15.5. The van der Waals surface area contributed by atoms with Gasteiger partial charge in [0.15, 0.2) is 0 Å². The van der Waals surface area contributed by atoms with Gasteiger partial charge in [0.2, 0.25) is 5.91 Å². The molecule has 1 aliphatic heterocycles. The highest BCUT2D eigenvalue weighted by atomic mass is 16.4. The summed E-state index contributed by atoms with van der Waals surface area (Å²) < 4.78 is 0. The van der Waals surface area contributed by atoms with E-state index in [1.807, 2.05) is 11.0 Å². The van der Waals surface area contributed by atoms with Crippen LogP contribution in [0.2, 0.25) is 0 Å². The van der Waals surface area contributed by atoms with Gasteiger partial charge in [0.1, 0.15) is 0 Å². The molecular weight excluding hydrogens is 264 g/mol. The van der Waals surface area contributed by atoms with Crippen molar-refractivity contribution < 1.29 is 10.0 Å². The molecule has 0 radical (unpaired) electrons. The molecule has 0 spiro atoms. The molecule has 114 valence electrons. The first-order chi connectivity index (χ1) is 10.0. The largest absolute Gasteiger partial charge is 0.411 e. The molecule has 1 amide bonds. The molecule has 1 saturated heterocycles. The maximum Gasteiger partial charge on any atom is 0.227 e. The zero-order valence-corrected chi connectivity index (χ0v) is 13.1. The molecule has 4 nitrogen and oxygen atoms in total. The van der Waals surface area contributed by atoms with Crippen molar-refractivity contribution in [2.75, 3.05) is 13.1 Å². The second-order valence-electron chi connectivity index (χ2n) is 5.88. The van der Waals surface area contributed by atoms with Gasteiger partial charge in [-0.1, -0.05) is 30.3 Å². The van der Waals surface area contributed by atoms with Gasteiger partial charge in [0.25, 0.3) is 0 Å². The fourth-order valence-corrected chi connectivity index (χ4v) is 2.84. The Bertz CT molecular complexity index is 552. The molecule has 0 bridgehead atoms. The van der Waals surface area contributed by atoms with Crippen LogP contribution in [0.3, 0.4) is 0 Å². The molecule has 1 unspecified atom stereocenters. The number of rotatable bonds is 3. The van der Waals surface area contributed by atoms with Crippen LogP contribution in [0.25, 0.3) is 0 Å². The lowest BCUT2D eigenvalue weighted by Crippen LogP contribution is -2.44. The normalized spacial score (nSPS) is 20.8. The average Bonchev–Trinajstić information content (AvgIpc) is 2.50. The van der Waals surface area contributed by atoms with Gasteiger partial charge in [-0.3, -0.25) is 4.79 Å². The summed E-state index contributed by atoms with van der Waals surface area (Å²) in [6.07, 6.45) is 2.02. The average molecular weight is 288 g/mol. The SMILES string of the molecule is CCC1CN(C(=O)Cc2ccc(C)c(C)c2)CC/C1=N\O. The van der Waals surface area contributed by atoms with E-state index in [-0.39, 0.29) is 11.8 Å². The first-order valence-electron chi connectivity index (χ1n) is 7.59. The lowest BCUT2D eigenvalue weighted by molar-refractivity contribution is -0.131. The maximum atomic E-state index is 12.4. The Morgan fingerprint density at radius 2 is 2.14 bits per heavy atom. The van der Waals surface area contributed by atoms with E-state index in [1.165, 1.54) is 11.1 Å². The molecule has 1 heterocycles. The predicted octanol–water partition coefficient (Wildman–Crippen LogP) is 2.93. The minimum absolute atomic E-state index is 0.161. The molecule has 1 atom stereocenters. The van der Waals surface area contributed by atoms with Crippen molar-refractivity contribution in [2.45, 2.75) is 40.0 Å². The van der Waals surface area contributed by atoms with Crippen molar-refractivity contribution >= 4 is 11.6 Å². The molecule has 4 heteroatoms. The minimum atomic E-state index is 0.161. The number of hydrogen-bond donors (Lipinski definition) is 1. The second-order valence-corrected chi connectivity index (χ2v) is 5.88. The molecule has 1 aromatic carbocycles. The van der Waals surface area contributed by atoms with Crippen LogP contribution in [0.15, 0.2) is 23.4 Å². The summed E-state index contributed by atoms with van der Waals surface area (Å²) in [6, 6.07) is 6.19. The van der Waals surface area contributed by atoms with Crippen LogP contribution in [-0.4, -0.2) is 34.8 Å². The van der Waals surface area contributed by atoms with Crippen LogP contribution in [0.5, 0.6) is 0 Å². The Balaban J connectivity index is 2.02. The van der Waals surface area contributed by atoms with Gasteiger partial charge in [-0.2, -0.15) is 0 Å². The number of piperidine rings is 1. The number of nitrogens with zero attached hydrogens (tertiary/aromatic N) is 2. The van der Waals surface area contributed by atoms with E-state index in [0.29, 0.717) is 25.9 Å². The highest BCUT2D eigenvalue weighted by Crippen LogP contribution is 2.19. The number of aryl methyl sites for hydroxylation is 2. The zero-order chi connectivity index (χ0) is 15.4. The Morgan fingerprint density at radius 1 is 1.38 bits per heavy atom. The van der Waals surface area contributed by atoms with Crippen LogP contribution in [-0.2, 0) is 11.2 Å². The van der Waals surface area contributed by atoms with Crippen LogP contribution < -0.4 is 0 Å². The van der Waals surface area contributed by atoms with Gasteiger partial charge in [-0.25, -0.2) is 0 Å². The number of carbonyl (C=O) groups excluding carboxylic acids is 1. The lowest BCUT2D eigenvalue weighted by Gasteiger charge is -2.33. The van der Waals surface area contributed by atoms with E-state index in [4.69, 9.17) is 5.21 Å². The van der Waals surface area contributed by atoms with Gasteiger partial charge in [-0.15, -0.1) is 0 Å². The Morgan fingerprint density at radius 3 is 2.76 bits per heavy atom. The van der Waals surface area contributed by atoms with Gasteiger partial charge in [0.05, 0.1) is 12.1 Å². The van der Waals surface area contributed by atoms with Crippen molar-refractivity contribution in [1.29, 1.82) is 0 Å². The van der Waals surface area contributed by atoms with Gasteiger partial charge >= 0.3 is 0 Å². The smallest absolute Gasteiger partial charge is 0.227 e. The summed E-state index contributed by atoms with van der Waals surface area (Å²) in [5.74, 6) is 0.348. The van der Waals surface area contributed by atoms with Crippen molar-refractivity contribution in [2.24, 2.45) is 11.1 Å². The molecule has 1 fully saturated rings. The summed E-state index contributed by atoms with van der Waals surface area (Å²) in [4.78, 5) is 14.3. The quantitative estimate of drug-likeness (QED) is 0.687. The van der Waals surface area contributed by atoms with Crippen molar-refractivity contribution in [3.8, 4) is 0 Å². The summed E-state index contributed by atoms with van der Waals surface area (Å²) in [5.41, 5.74) is 4.37. The van der Waals surface area contributed by atoms with E-state index < -0.39 is 0 Å². The van der Waals surface area contributed by atoms with Gasteiger partial charge < -0.3 is 10.1 Å². The van der Waals surface area contributed by atoms with Crippen LogP contribution in [0.1, 0.15) is 36.5 Å². The number of carbonyl (C=O) groups is 1. The van der Waals surface area contributed by atoms with Crippen LogP contribution >= 0.6 is 0 Å². The summed E-state index contributed by atoms with van der Waals surface area (Å²) in [6.45, 7) is 7.53. The molecule has 0 saturated carbocycles. The van der Waals surface area contributed by atoms with E-state index in [1.54, 1.807) is 0 Å². The monoisotopic (exact) mass is 288 g/mol. The summed E-state index contributed by atoms with van der Waals surface area (Å²) in [7, 11) is 0. The topological polar surface area (TPSA) is 52.9 Å². The number of oxime groups is 1. The molecule has 0 aromatic heterocycles. The fraction of sp³-hybridized carbons (Fsp3) is 0.529.